The summed E-state index contributed by atoms with van der Waals surface area (Å²) in [6.45, 7) is 14.2. The van der Waals surface area contributed by atoms with Gasteiger partial charge in [0.1, 0.15) is 30.2 Å². The molecule has 16 heteroatoms. The monoisotopic (exact) mass is 909 g/mol. The number of hydrogen-bond donors (Lipinski definition) is 2. The Kier molecular flexibility index (Phi) is 13.9. The number of ether oxygens (including phenoxy) is 13. The van der Waals surface area contributed by atoms with E-state index in [1.807, 2.05) is 20.8 Å². The van der Waals surface area contributed by atoms with Gasteiger partial charge in [0.05, 0.1) is 72.6 Å². The van der Waals surface area contributed by atoms with Crippen molar-refractivity contribution < 1.29 is 76.6 Å². The second-order valence-corrected chi connectivity index (χ2v) is 20.9. The zero-order valence-electron chi connectivity index (χ0n) is 39.6. The Hall–Kier alpha value is -1.19. The molecular formula is C48H76O16. The van der Waals surface area contributed by atoms with Crippen molar-refractivity contribution in [1.29, 1.82) is 0 Å². The predicted octanol–water partition coefficient (Wildman–Crippen LogP) is 4.86. The molecule has 6 saturated heterocycles. The molecule has 1 spiro atoms. The van der Waals surface area contributed by atoms with Gasteiger partial charge in [0.25, 0.3) is 0 Å². The summed E-state index contributed by atoms with van der Waals surface area (Å²) < 4.78 is 82.3. The fourth-order valence-corrected chi connectivity index (χ4v) is 13.5. The highest BCUT2D eigenvalue weighted by atomic mass is 16.8. The lowest BCUT2D eigenvalue weighted by Gasteiger charge is -2.53. The summed E-state index contributed by atoms with van der Waals surface area (Å²) in [5.41, 5.74) is 0.804. The summed E-state index contributed by atoms with van der Waals surface area (Å²) in [5, 5.41) is 21.9. The summed E-state index contributed by atoms with van der Waals surface area (Å²) in [7, 11) is 4.87. The lowest BCUT2D eigenvalue weighted by molar-refractivity contribution is -0.346. The Balaban J connectivity index is 0.759. The summed E-state index contributed by atoms with van der Waals surface area (Å²) in [6, 6.07) is 0. The molecule has 16 nitrogen and oxygen atoms in total. The Labute approximate surface area is 378 Å². The number of aliphatic hydroxyl groups is 2. The fourth-order valence-electron chi connectivity index (χ4n) is 13.5. The van der Waals surface area contributed by atoms with E-state index in [2.05, 4.69) is 26.8 Å². The summed E-state index contributed by atoms with van der Waals surface area (Å²) in [4.78, 5) is 13.4. The molecule has 2 bridgehead atoms. The standard InChI is InChI=1S/C48H76O16/c1-23-30-11-12-36(50)47(30,7)37-22-35-46(6)15-14-29(17-28(46)13-16-48(35,63-23)64-37)59-39-20-33(53-9)44(26(4)57-39)61-38-18-31(49)43(25(3)56-38)60-41-21-34(54-10)45(27(5)58-41)62-40-19-32(52-8)42(51)24(2)55-40/h13,23-27,29-35,37-45,49,51H,11-12,14-22H2,1-10H3/t23-,24+,25+,26+,27+,29-,30-,31-,32+,33-,34+,35+,37+,38-,39-,40-,41-,42+,43+,44+,45+,46-,47+,48-/m0/s1. The van der Waals surface area contributed by atoms with Crippen LogP contribution in [0.4, 0.5) is 0 Å². The fraction of sp³-hybridized carbons (Fsp3) is 0.938. The molecule has 3 aliphatic carbocycles. The third-order valence-electron chi connectivity index (χ3n) is 17.3. The minimum atomic E-state index is -0.894. The first-order valence-electron chi connectivity index (χ1n) is 24.3. The van der Waals surface area contributed by atoms with E-state index < -0.39 is 91.3 Å². The van der Waals surface area contributed by atoms with Crippen LogP contribution in [0.5, 0.6) is 0 Å². The van der Waals surface area contributed by atoms with Crippen molar-refractivity contribution >= 4 is 5.78 Å². The summed E-state index contributed by atoms with van der Waals surface area (Å²) in [5.74, 6) is 0.0335. The molecule has 8 fully saturated rings. The molecule has 6 aliphatic heterocycles. The van der Waals surface area contributed by atoms with E-state index in [1.54, 1.807) is 28.3 Å². The molecule has 364 valence electrons. The number of Topliss-reactive ketones (excluding diaryl/α,β-unsaturated/α-hetero) is 1. The molecular weight excluding hydrogens is 833 g/mol. The van der Waals surface area contributed by atoms with Crippen LogP contribution in [0.25, 0.3) is 0 Å². The Bertz CT molecular complexity index is 1670. The molecule has 9 aliphatic rings. The van der Waals surface area contributed by atoms with Crippen LogP contribution in [0.1, 0.15) is 119 Å². The predicted molar refractivity (Wildman–Crippen MR) is 226 cm³/mol. The quantitative estimate of drug-likeness (QED) is 0.269. The zero-order chi connectivity index (χ0) is 45.5. The number of carbonyl (C=O) groups excluding carboxylic acids is 1. The Morgan fingerprint density at radius 1 is 0.641 bits per heavy atom. The van der Waals surface area contributed by atoms with Gasteiger partial charge >= 0.3 is 0 Å². The molecule has 0 amide bonds. The molecule has 9 rings (SSSR count). The maximum absolute atomic E-state index is 13.4. The number of rotatable bonds is 11. The lowest BCUT2D eigenvalue weighted by Crippen LogP contribution is -2.57. The summed E-state index contributed by atoms with van der Waals surface area (Å²) >= 11 is 0. The van der Waals surface area contributed by atoms with Crippen LogP contribution in [-0.2, 0) is 66.4 Å². The van der Waals surface area contributed by atoms with Gasteiger partial charge in [-0.15, -0.1) is 0 Å². The summed E-state index contributed by atoms with van der Waals surface area (Å²) in [6.07, 6.45) is 0.683. The van der Waals surface area contributed by atoms with Gasteiger partial charge < -0.3 is 71.8 Å². The van der Waals surface area contributed by atoms with Gasteiger partial charge in [0.2, 0.25) is 0 Å². The highest BCUT2D eigenvalue weighted by Crippen LogP contribution is 2.66. The molecule has 24 atom stereocenters. The molecule has 2 saturated carbocycles. The van der Waals surface area contributed by atoms with Gasteiger partial charge in [-0.25, -0.2) is 0 Å². The van der Waals surface area contributed by atoms with Crippen molar-refractivity contribution in [2.75, 3.05) is 21.3 Å². The van der Waals surface area contributed by atoms with E-state index in [0.717, 1.165) is 32.1 Å². The first-order valence-corrected chi connectivity index (χ1v) is 24.3. The lowest BCUT2D eigenvalue weighted by atomic mass is 9.56. The first kappa shape index (κ1) is 47.9. The van der Waals surface area contributed by atoms with Crippen LogP contribution in [0.2, 0.25) is 0 Å². The van der Waals surface area contributed by atoms with Gasteiger partial charge in [-0.3, -0.25) is 4.79 Å². The second-order valence-electron chi connectivity index (χ2n) is 20.9. The third kappa shape index (κ3) is 8.52. The smallest absolute Gasteiger partial charge is 0.176 e. The van der Waals surface area contributed by atoms with Gasteiger partial charge in [-0.2, -0.15) is 0 Å². The molecule has 64 heavy (non-hydrogen) atoms. The number of carbonyl (C=O) groups is 1. The van der Waals surface area contributed by atoms with Crippen molar-refractivity contribution in [1.82, 2.24) is 0 Å². The van der Waals surface area contributed by atoms with Gasteiger partial charge in [-0.1, -0.05) is 18.6 Å². The van der Waals surface area contributed by atoms with Crippen molar-refractivity contribution in [3.05, 3.63) is 11.6 Å². The maximum Gasteiger partial charge on any atom is 0.176 e. The molecule has 0 unspecified atom stereocenters. The third-order valence-corrected chi connectivity index (χ3v) is 17.3. The van der Waals surface area contributed by atoms with Crippen molar-refractivity contribution in [3.8, 4) is 0 Å². The topological polar surface area (TPSA) is 178 Å². The van der Waals surface area contributed by atoms with E-state index in [4.69, 9.17) is 61.6 Å². The van der Waals surface area contributed by atoms with Crippen LogP contribution in [0.15, 0.2) is 11.6 Å². The first-order chi connectivity index (χ1) is 30.5. The average Bonchev–Trinajstić information content (AvgIpc) is 3.77. The molecule has 0 aromatic rings. The van der Waals surface area contributed by atoms with Crippen LogP contribution >= 0.6 is 0 Å². The SMILES string of the molecule is CO[C@H]1C[C@H](O[C@H]2CC[C@@]3(C)C(=CC[C@@]45O[C@@H](C)[C@@H]6CCC(=O)[C@]6(C)[C@@H](C[C@@H]43)O5)C2)O[C@H](C)[C@H]1O[C@H]1C[C@H](O)[C@H](O[C@H]2C[C@@H](OC)[C@H](O[C@H]3C[C@@H](OC)[C@H](O)[C@@H](C)O3)[C@@H](C)O2)[C@@H](C)O1. The van der Waals surface area contributed by atoms with E-state index in [0.29, 0.717) is 37.9 Å². The van der Waals surface area contributed by atoms with Gasteiger partial charge in [0, 0.05) is 71.7 Å². The molecule has 0 aromatic heterocycles. The van der Waals surface area contributed by atoms with Crippen LogP contribution in [0.3, 0.4) is 0 Å². The number of fused-ring (bicyclic) bond motifs is 5. The van der Waals surface area contributed by atoms with Crippen LogP contribution in [-0.4, -0.2) is 160 Å². The van der Waals surface area contributed by atoms with E-state index in [9.17, 15) is 15.0 Å². The largest absolute Gasteiger partial charge is 0.390 e. The molecule has 6 heterocycles. The van der Waals surface area contributed by atoms with Crippen molar-refractivity contribution in [2.24, 2.45) is 22.7 Å². The molecule has 2 N–H and O–H groups in total. The van der Waals surface area contributed by atoms with Crippen LogP contribution in [0, 0.1) is 22.7 Å². The Morgan fingerprint density at radius 3 is 1.80 bits per heavy atom. The molecule has 0 radical (unpaired) electrons. The van der Waals surface area contributed by atoms with E-state index >= 15 is 0 Å². The number of hydrogen-bond acceptors (Lipinski definition) is 16. The molecule has 0 aromatic carbocycles. The Morgan fingerprint density at radius 2 is 1.19 bits per heavy atom. The van der Waals surface area contributed by atoms with Crippen LogP contribution < -0.4 is 0 Å². The second kappa shape index (κ2) is 18.6. The minimum absolute atomic E-state index is 0.0140. The normalized spacial score (nSPS) is 54.1. The van der Waals surface area contributed by atoms with E-state index in [-0.39, 0.29) is 60.3 Å². The highest BCUT2D eigenvalue weighted by molar-refractivity contribution is 5.88. The minimum Gasteiger partial charge on any atom is -0.390 e. The number of aliphatic hydroxyl groups excluding tert-OH is 2. The highest BCUT2D eigenvalue weighted by Gasteiger charge is 2.69. The van der Waals surface area contributed by atoms with Gasteiger partial charge in [0.15, 0.2) is 30.9 Å². The zero-order valence-corrected chi connectivity index (χ0v) is 39.6. The van der Waals surface area contributed by atoms with Crippen molar-refractivity contribution in [3.63, 3.8) is 0 Å². The number of methoxy groups -OCH3 is 3. The number of ketones is 1. The van der Waals surface area contributed by atoms with Gasteiger partial charge in [-0.05, 0) is 79.1 Å². The van der Waals surface area contributed by atoms with E-state index in [1.165, 1.54) is 5.57 Å². The van der Waals surface area contributed by atoms with Crippen molar-refractivity contribution in [2.45, 2.75) is 242 Å². The average molecular weight is 909 g/mol. The maximum atomic E-state index is 13.4.